The number of aliphatic hydroxyl groups excluding tert-OH is 1. The highest BCUT2D eigenvalue weighted by molar-refractivity contribution is 5.47. The molecule has 108 valence electrons. The Balaban J connectivity index is 2.74. The molecule has 1 aromatic rings. The third-order valence-corrected chi connectivity index (χ3v) is 2.98. The largest absolute Gasteiger partial charge is 0.396 e. The average molecular weight is 266 g/mol. The average Bonchev–Trinajstić information content (AvgIpc) is 2.36. The summed E-state index contributed by atoms with van der Waals surface area (Å²) in [6.07, 6.45) is 1.58. The predicted octanol–water partition coefficient (Wildman–Crippen LogP) is 2.29. The Kier molecular flexibility index (Phi) is 6.02. The second-order valence-corrected chi connectivity index (χ2v) is 5.43. The van der Waals surface area contributed by atoms with Crippen LogP contribution >= 0.6 is 0 Å². The third-order valence-electron chi connectivity index (χ3n) is 2.98. The third kappa shape index (κ3) is 5.42. The zero-order chi connectivity index (χ0) is 14.3. The van der Waals surface area contributed by atoms with Gasteiger partial charge in [0.25, 0.3) is 0 Å². The van der Waals surface area contributed by atoms with Crippen LogP contribution < -0.4 is 10.6 Å². The van der Waals surface area contributed by atoms with E-state index < -0.39 is 0 Å². The number of hydrogen-bond acceptors (Lipinski definition) is 5. The lowest BCUT2D eigenvalue weighted by molar-refractivity contribution is 0.220. The van der Waals surface area contributed by atoms with Crippen molar-refractivity contribution in [3.05, 3.63) is 11.9 Å². The number of aliphatic hydroxyl groups is 1. The van der Waals surface area contributed by atoms with Gasteiger partial charge < -0.3 is 15.7 Å². The van der Waals surface area contributed by atoms with E-state index in [-0.39, 0.29) is 12.0 Å². The molecule has 0 radical (unpaired) electrons. The molecule has 0 saturated carbocycles. The van der Waals surface area contributed by atoms with E-state index in [4.69, 9.17) is 5.11 Å². The van der Waals surface area contributed by atoms with E-state index in [9.17, 15) is 0 Å². The van der Waals surface area contributed by atoms with Crippen LogP contribution in [-0.4, -0.2) is 34.8 Å². The summed E-state index contributed by atoms with van der Waals surface area (Å²) in [5, 5.41) is 15.6. The molecule has 5 heteroatoms. The van der Waals surface area contributed by atoms with Crippen molar-refractivity contribution < 1.29 is 5.11 Å². The number of nitrogens with one attached hydrogen (secondary N) is 2. The lowest BCUT2D eigenvalue weighted by Crippen LogP contribution is -2.25. The maximum absolute atomic E-state index is 9.03. The second kappa shape index (κ2) is 7.28. The number of aromatic nitrogens is 2. The van der Waals surface area contributed by atoms with Crippen LogP contribution in [0.2, 0.25) is 0 Å². The fourth-order valence-electron chi connectivity index (χ4n) is 1.74. The van der Waals surface area contributed by atoms with Gasteiger partial charge in [-0.05, 0) is 18.8 Å². The molecule has 19 heavy (non-hydrogen) atoms. The van der Waals surface area contributed by atoms with Gasteiger partial charge in [0.1, 0.15) is 17.5 Å². The van der Waals surface area contributed by atoms with Gasteiger partial charge in [-0.25, -0.2) is 9.97 Å². The van der Waals surface area contributed by atoms with Crippen molar-refractivity contribution in [2.45, 2.75) is 40.5 Å². The van der Waals surface area contributed by atoms with E-state index in [1.165, 1.54) is 0 Å². The monoisotopic (exact) mass is 266 g/mol. The van der Waals surface area contributed by atoms with Crippen LogP contribution in [0.5, 0.6) is 0 Å². The van der Waals surface area contributed by atoms with Crippen LogP contribution in [0.4, 0.5) is 11.6 Å². The van der Waals surface area contributed by atoms with Crippen molar-refractivity contribution in [2.75, 3.05) is 30.3 Å². The maximum atomic E-state index is 9.03. The molecule has 0 bridgehead atoms. The van der Waals surface area contributed by atoms with Gasteiger partial charge in [-0.2, -0.15) is 0 Å². The van der Waals surface area contributed by atoms with E-state index in [1.54, 1.807) is 0 Å². The quantitative estimate of drug-likeness (QED) is 0.673. The van der Waals surface area contributed by atoms with Gasteiger partial charge in [-0.3, -0.25) is 0 Å². The van der Waals surface area contributed by atoms with Crippen molar-refractivity contribution in [3.8, 4) is 0 Å². The smallest absolute Gasteiger partial charge is 0.132 e. The topological polar surface area (TPSA) is 70.1 Å². The molecule has 0 amide bonds. The van der Waals surface area contributed by atoms with Gasteiger partial charge in [0.15, 0.2) is 0 Å². The molecule has 0 aliphatic heterocycles. The molecule has 0 unspecified atom stereocenters. The zero-order valence-corrected chi connectivity index (χ0v) is 12.5. The Morgan fingerprint density at radius 1 is 1.16 bits per heavy atom. The first-order chi connectivity index (χ1) is 9.00. The van der Waals surface area contributed by atoms with Crippen molar-refractivity contribution in [1.82, 2.24) is 9.97 Å². The highest BCUT2D eigenvalue weighted by Gasteiger charge is 2.17. The molecule has 1 heterocycles. The summed E-state index contributed by atoms with van der Waals surface area (Å²) in [4.78, 5) is 8.89. The molecule has 0 saturated heterocycles. The highest BCUT2D eigenvalue weighted by atomic mass is 16.3. The standard InChI is InChI=1S/C14H26N4O/c1-5-11-17-12(15-6-2)9-13(18-11)16-10-14(3,4)7-8-19/h9,19H,5-8,10H2,1-4H3,(H2,15,16,17,18). The first-order valence-corrected chi connectivity index (χ1v) is 6.97. The lowest BCUT2D eigenvalue weighted by atomic mass is 9.90. The van der Waals surface area contributed by atoms with Gasteiger partial charge in [0.05, 0.1) is 0 Å². The van der Waals surface area contributed by atoms with Crippen LogP contribution in [0.1, 0.15) is 39.9 Å². The Bertz CT molecular complexity index is 393. The number of rotatable bonds is 8. The first kappa shape index (κ1) is 15.7. The number of aryl methyl sites for hydroxylation is 1. The Morgan fingerprint density at radius 2 is 1.79 bits per heavy atom. The molecule has 5 nitrogen and oxygen atoms in total. The van der Waals surface area contributed by atoms with Crippen molar-refractivity contribution in [3.63, 3.8) is 0 Å². The van der Waals surface area contributed by atoms with E-state index in [0.29, 0.717) is 0 Å². The summed E-state index contributed by atoms with van der Waals surface area (Å²) in [5.74, 6) is 2.53. The number of hydrogen-bond donors (Lipinski definition) is 3. The number of nitrogens with zero attached hydrogens (tertiary/aromatic N) is 2. The lowest BCUT2D eigenvalue weighted by Gasteiger charge is -2.24. The number of anilines is 2. The molecule has 0 aliphatic rings. The first-order valence-electron chi connectivity index (χ1n) is 6.97. The van der Waals surface area contributed by atoms with E-state index in [0.717, 1.165) is 43.4 Å². The summed E-state index contributed by atoms with van der Waals surface area (Å²) < 4.78 is 0. The zero-order valence-electron chi connectivity index (χ0n) is 12.5. The van der Waals surface area contributed by atoms with Gasteiger partial charge >= 0.3 is 0 Å². The van der Waals surface area contributed by atoms with E-state index >= 15 is 0 Å². The Labute approximate surface area is 115 Å². The Hall–Kier alpha value is -1.36. The molecule has 1 rings (SSSR count). The fraction of sp³-hybridized carbons (Fsp3) is 0.714. The second-order valence-electron chi connectivity index (χ2n) is 5.43. The minimum Gasteiger partial charge on any atom is -0.396 e. The van der Waals surface area contributed by atoms with Gasteiger partial charge in [0.2, 0.25) is 0 Å². The normalized spacial score (nSPS) is 11.4. The fourth-order valence-corrected chi connectivity index (χ4v) is 1.74. The van der Waals surface area contributed by atoms with E-state index in [2.05, 4.69) is 34.4 Å². The SMILES string of the molecule is CCNc1cc(NCC(C)(C)CCO)nc(CC)n1. The molecular formula is C14H26N4O. The molecule has 0 aromatic carbocycles. The molecule has 1 aromatic heterocycles. The summed E-state index contributed by atoms with van der Waals surface area (Å²) >= 11 is 0. The van der Waals surface area contributed by atoms with Gasteiger partial charge in [-0.15, -0.1) is 0 Å². The van der Waals surface area contributed by atoms with E-state index in [1.807, 2.05) is 19.9 Å². The predicted molar refractivity (Wildman–Crippen MR) is 79.5 cm³/mol. The molecular weight excluding hydrogens is 240 g/mol. The van der Waals surface area contributed by atoms with Crippen LogP contribution in [0.25, 0.3) is 0 Å². The molecule has 0 aliphatic carbocycles. The maximum Gasteiger partial charge on any atom is 0.132 e. The summed E-state index contributed by atoms with van der Waals surface area (Å²) in [5.41, 5.74) is 0.0461. The van der Waals surface area contributed by atoms with Gasteiger partial charge in [-0.1, -0.05) is 20.8 Å². The molecule has 0 fully saturated rings. The van der Waals surface area contributed by atoms with Gasteiger partial charge in [0, 0.05) is 32.2 Å². The Morgan fingerprint density at radius 3 is 2.32 bits per heavy atom. The minimum atomic E-state index is 0.0461. The summed E-state index contributed by atoms with van der Waals surface area (Å²) in [7, 11) is 0. The molecule has 3 N–H and O–H groups in total. The minimum absolute atomic E-state index is 0.0461. The van der Waals surface area contributed by atoms with Crippen molar-refractivity contribution in [2.24, 2.45) is 5.41 Å². The molecule has 0 atom stereocenters. The van der Waals surface area contributed by atoms with Crippen LogP contribution in [-0.2, 0) is 6.42 Å². The van der Waals surface area contributed by atoms with Crippen molar-refractivity contribution >= 4 is 11.6 Å². The highest BCUT2D eigenvalue weighted by Crippen LogP contribution is 2.21. The molecule has 0 spiro atoms. The van der Waals surface area contributed by atoms with Crippen LogP contribution in [0.15, 0.2) is 6.07 Å². The van der Waals surface area contributed by atoms with Crippen molar-refractivity contribution in [1.29, 1.82) is 0 Å². The van der Waals surface area contributed by atoms with Crippen LogP contribution in [0.3, 0.4) is 0 Å². The summed E-state index contributed by atoms with van der Waals surface area (Å²) in [6.45, 7) is 10.2. The summed E-state index contributed by atoms with van der Waals surface area (Å²) in [6, 6.07) is 1.93. The van der Waals surface area contributed by atoms with Crippen LogP contribution in [0, 0.1) is 5.41 Å².